The second kappa shape index (κ2) is 8.86. The molecule has 0 bridgehead atoms. The Balaban J connectivity index is 1.59. The number of aromatic amines is 1. The number of methoxy groups -OCH3 is 1. The standard InChI is InChI=1S/C21H21BrN2O3/c1-27-21(26)20(14-9-11-16(22)12-10-14)24-19(25)8-4-5-15-13-23-18-7-3-2-6-17(15)18/h2-3,6-7,9-13,20,23H,4-5,8H2,1H3,(H,24,25). The van der Waals surface area contributed by atoms with E-state index in [9.17, 15) is 9.59 Å². The number of ether oxygens (including phenoxy) is 1. The van der Waals surface area contributed by atoms with Gasteiger partial charge in [0.15, 0.2) is 6.04 Å². The Hall–Kier alpha value is -2.60. The van der Waals surface area contributed by atoms with Gasteiger partial charge >= 0.3 is 5.97 Å². The summed E-state index contributed by atoms with van der Waals surface area (Å²) in [6.45, 7) is 0. The first-order chi connectivity index (χ1) is 13.1. The second-order valence-corrected chi connectivity index (χ2v) is 7.20. The molecule has 0 saturated heterocycles. The summed E-state index contributed by atoms with van der Waals surface area (Å²) in [4.78, 5) is 27.7. The average molecular weight is 429 g/mol. The van der Waals surface area contributed by atoms with E-state index in [4.69, 9.17) is 4.74 Å². The lowest BCUT2D eigenvalue weighted by atomic mass is 10.1. The molecule has 0 aliphatic rings. The van der Waals surface area contributed by atoms with Crippen molar-refractivity contribution in [1.82, 2.24) is 10.3 Å². The summed E-state index contributed by atoms with van der Waals surface area (Å²) >= 11 is 3.36. The van der Waals surface area contributed by atoms with Crippen LogP contribution in [0.3, 0.4) is 0 Å². The lowest BCUT2D eigenvalue weighted by Gasteiger charge is -2.17. The maximum absolute atomic E-state index is 12.4. The van der Waals surface area contributed by atoms with Gasteiger partial charge in [-0.15, -0.1) is 0 Å². The second-order valence-electron chi connectivity index (χ2n) is 6.29. The normalized spacial score (nSPS) is 11.9. The van der Waals surface area contributed by atoms with E-state index in [1.165, 1.54) is 18.1 Å². The molecule has 1 heterocycles. The van der Waals surface area contributed by atoms with Gasteiger partial charge in [-0.3, -0.25) is 4.79 Å². The van der Waals surface area contributed by atoms with E-state index in [2.05, 4.69) is 32.3 Å². The first-order valence-electron chi connectivity index (χ1n) is 8.76. The third kappa shape index (κ3) is 4.77. The van der Waals surface area contributed by atoms with Crippen LogP contribution in [0.1, 0.15) is 30.0 Å². The lowest BCUT2D eigenvalue weighted by molar-refractivity contribution is -0.145. The number of carbonyl (C=O) groups excluding carboxylic acids is 2. The average Bonchev–Trinajstić information content (AvgIpc) is 3.09. The number of esters is 1. The molecule has 1 amide bonds. The number of amides is 1. The maximum atomic E-state index is 12.4. The molecule has 2 N–H and O–H groups in total. The Bertz CT molecular complexity index is 934. The minimum Gasteiger partial charge on any atom is -0.467 e. The van der Waals surface area contributed by atoms with Gasteiger partial charge in [0, 0.05) is 28.0 Å². The van der Waals surface area contributed by atoms with Crippen LogP contribution in [0.25, 0.3) is 10.9 Å². The summed E-state index contributed by atoms with van der Waals surface area (Å²) in [5, 5.41) is 3.96. The number of fused-ring (bicyclic) bond motifs is 1. The molecular weight excluding hydrogens is 408 g/mol. The fourth-order valence-electron chi connectivity index (χ4n) is 3.06. The molecule has 5 nitrogen and oxygen atoms in total. The highest BCUT2D eigenvalue weighted by Crippen LogP contribution is 2.21. The predicted molar refractivity (Wildman–Crippen MR) is 108 cm³/mol. The van der Waals surface area contributed by atoms with Gasteiger partial charge in [-0.25, -0.2) is 4.79 Å². The Morgan fingerprint density at radius 3 is 2.63 bits per heavy atom. The van der Waals surface area contributed by atoms with E-state index in [1.807, 2.05) is 36.5 Å². The van der Waals surface area contributed by atoms with Crippen LogP contribution in [-0.2, 0) is 20.7 Å². The molecule has 2 aromatic carbocycles. The highest BCUT2D eigenvalue weighted by atomic mass is 79.9. The van der Waals surface area contributed by atoms with Crippen molar-refractivity contribution in [2.45, 2.75) is 25.3 Å². The number of benzene rings is 2. The first kappa shape index (κ1) is 19.2. The molecule has 0 saturated carbocycles. The molecule has 1 aromatic heterocycles. The quantitative estimate of drug-likeness (QED) is 0.551. The van der Waals surface area contributed by atoms with Gasteiger partial charge in [0.1, 0.15) is 0 Å². The Kier molecular flexibility index (Phi) is 6.29. The number of carbonyl (C=O) groups is 2. The molecule has 3 aromatic rings. The van der Waals surface area contributed by atoms with E-state index in [0.717, 1.165) is 16.4 Å². The number of para-hydroxylation sites is 1. The van der Waals surface area contributed by atoms with Crippen molar-refractivity contribution in [3.8, 4) is 0 Å². The maximum Gasteiger partial charge on any atom is 0.333 e. The SMILES string of the molecule is COC(=O)C(NC(=O)CCCc1c[nH]c2ccccc12)c1ccc(Br)cc1. The summed E-state index contributed by atoms with van der Waals surface area (Å²) < 4.78 is 5.74. The largest absolute Gasteiger partial charge is 0.467 e. The number of nitrogens with one attached hydrogen (secondary N) is 2. The van der Waals surface area contributed by atoms with Gasteiger partial charge in [0.05, 0.1) is 7.11 Å². The predicted octanol–water partition coefficient (Wildman–Crippen LogP) is 4.28. The van der Waals surface area contributed by atoms with Crippen molar-refractivity contribution in [2.24, 2.45) is 0 Å². The van der Waals surface area contributed by atoms with Crippen LogP contribution in [0.15, 0.2) is 59.2 Å². The van der Waals surface area contributed by atoms with Crippen molar-refractivity contribution in [2.75, 3.05) is 7.11 Å². The number of hydrogen-bond donors (Lipinski definition) is 2. The fourth-order valence-corrected chi connectivity index (χ4v) is 3.33. The zero-order valence-electron chi connectivity index (χ0n) is 15.0. The molecule has 0 aliphatic heterocycles. The van der Waals surface area contributed by atoms with Crippen molar-refractivity contribution >= 4 is 38.7 Å². The fraction of sp³-hybridized carbons (Fsp3) is 0.238. The first-order valence-corrected chi connectivity index (χ1v) is 9.55. The third-order valence-electron chi connectivity index (χ3n) is 4.47. The zero-order chi connectivity index (χ0) is 19.2. The van der Waals surface area contributed by atoms with Gasteiger partial charge in [-0.1, -0.05) is 46.3 Å². The van der Waals surface area contributed by atoms with Crippen molar-refractivity contribution in [1.29, 1.82) is 0 Å². The molecule has 0 aliphatic carbocycles. The van der Waals surface area contributed by atoms with E-state index in [-0.39, 0.29) is 5.91 Å². The van der Waals surface area contributed by atoms with Crippen molar-refractivity contribution in [3.05, 3.63) is 70.3 Å². The zero-order valence-corrected chi connectivity index (χ0v) is 16.6. The number of H-pyrrole nitrogens is 1. The van der Waals surface area contributed by atoms with E-state index >= 15 is 0 Å². The van der Waals surface area contributed by atoms with Crippen molar-refractivity contribution in [3.63, 3.8) is 0 Å². The summed E-state index contributed by atoms with van der Waals surface area (Å²) in [5.41, 5.74) is 2.98. The van der Waals surface area contributed by atoms with Crippen LogP contribution >= 0.6 is 15.9 Å². The Labute approximate surface area is 166 Å². The Morgan fingerprint density at radius 1 is 1.15 bits per heavy atom. The van der Waals surface area contributed by atoms with Crippen LogP contribution in [0.4, 0.5) is 0 Å². The minimum atomic E-state index is -0.802. The summed E-state index contributed by atoms with van der Waals surface area (Å²) in [6.07, 6.45) is 3.81. The van der Waals surface area contributed by atoms with Crippen LogP contribution in [-0.4, -0.2) is 24.0 Å². The van der Waals surface area contributed by atoms with Gasteiger partial charge in [0.25, 0.3) is 0 Å². The lowest BCUT2D eigenvalue weighted by Crippen LogP contribution is -2.34. The van der Waals surface area contributed by atoms with E-state index in [1.54, 1.807) is 12.1 Å². The van der Waals surface area contributed by atoms with Gasteiger partial charge in [-0.2, -0.15) is 0 Å². The molecule has 140 valence electrons. The smallest absolute Gasteiger partial charge is 0.333 e. The summed E-state index contributed by atoms with van der Waals surface area (Å²) in [7, 11) is 1.32. The molecule has 0 radical (unpaired) electrons. The molecule has 0 fully saturated rings. The number of hydrogen-bond acceptors (Lipinski definition) is 3. The van der Waals surface area contributed by atoms with Crippen LogP contribution in [0.2, 0.25) is 0 Å². The third-order valence-corrected chi connectivity index (χ3v) is 5.00. The molecule has 6 heteroatoms. The summed E-state index contributed by atoms with van der Waals surface area (Å²) in [6, 6.07) is 14.5. The molecule has 3 rings (SSSR count). The van der Waals surface area contributed by atoms with Gasteiger partial charge in [0.2, 0.25) is 5.91 Å². The molecular formula is C21H21BrN2O3. The van der Waals surface area contributed by atoms with Crippen LogP contribution in [0.5, 0.6) is 0 Å². The summed E-state index contributed by atoms with van der Waals surface area (Å²) in [5.74, 6) is -0.657. The van der Waals surface area contributed by atoms with E-state index in [0.29, 0.717) is 18.4 Å². The molecule has 1 unspecified atom stereocenters. The minimum absolute atomic E-state index is 0.173. The Morgan fingerprint density at radius 2 is 1.89 bits per heavy atom. The highest BCUT2D eigenvalue weighted by Gasteiger charge is 2.23. The number of aromatic nitrogens is 1. The number of aryl methyl sites for hydroxylation is 1. The molecule has 0 spiro atoms. The highest BCUT2D eigenvalue weighted by molar-refractivity contribution is 9.10. The monoisotopic (exact) mass is 428 g/mol. The van der Waals surface area contributed by atoms with E-state index < -0.39 is 12.0 Å². The van der Waals surface area contributed by atoms with Gasteiger partial charge < -0.3 is 15.0 Å². The molecule has 27 heavy (non-hydrogen) atoms. The van der Waals surface area contributed by atoms with Crippen LogP contribution in [0, 0.1) is 0 Å². The number of rotatable bonds is 7. The van der Waals surface area contributed by atoms with Gasteiger partial charge in [-0.05, 0) is 42.2 Å². The van der Waals surface area contributed by atoms with Crippen molar-refractivity contribution < 1.29 is 14.3 Å². The number of halogens is 1. The molecule has 1 atom stereocenters. The topological polar surface area (TPSA) is 71.2 Å². The van der Waals surface area contributed by atoms with Crippen LogP contribution < -0.4 is 5.32 Å².